The Morgan fingerprint density at radius 2 is 2.12 bits per heavy atom. The number of ether oxygens (including phenoxy) is 1. The van der Waals surface area contributed by atoms with Crippen molar-refractivity contribution < 1.29 is 18.8 Å². The molecule has 1 amide bonds. The lowest BCUT2D eigenvalue weighted by atomic mass is 10.1. The number of amides is 1. The fourth-order valence-electron chi connectivity index (χ4n) is 2.74. The van der Waals surface area contributed by atoms with Gasteiger partial charge in [0.2, 0.25) is 0 Å². The van der Waals surface area contributed by atoms with Crippen LogP contribution in [0.1, 0.15) is 28.8 Å². The number of nitrogens with zero attached hydrogens (tertiary/aromatic N) is 2. The summed E-state index contributed by atoms with van der Waals surface area (Å²) in [5.41, 5.74) is 0.0901. The van der Waals surface area contributed by atoms with Crippen LogP contribution in [0.5, 0.6) is 5.75 Å². The molecule has 0 atom stereocenters. The molecule has 1 aliphatic carbocycles. The summed E-state index contributed by atoms with van der Waals surface area (Å²) in [4.78, 5) is 25.0. The third kappa shape index (κ3) is 3.62. The average Bonchev–Trinajstić information content (AvgIpc) is 3.45. The molecule has 0 spiro atoms. The fraction of sp³-hybridized carbons (Fsp3) is 0.278. The number of hydrogen-bond acceptors (Lipinski definition) is 4. The summed E-state index contributed by atoms with van der Waals surface area (Å²) in [7, 11) is 1.32. The van der Waals surface area contributed by atoms with Crippen LogP contribution in [-0.2, 0) is 6.54 Å². The first-order valence-electron chi connectivity index (χ1n) is 7.98. The first kappa shape index (κ1) is 18.1. The third-order valence-electron chi connectivity index (χ3n) is 4.26. The SMILES string of the molecule is COc1ccc(C(=O)N(Cc2c(F)cccc2Cl)C2CC2)cc1[N+](=O)[O-]. The Morgan fingerprint density at radius 3 is 2.69 bits per heavy atom. The van der Waals surface area contributed by atoms with Crippen molar-refractivity contribution in [1.82, 2.24) is 4.90 Å². The van der Waals surface area contributed by atoms with Crippen molar-refractivity contribution in [2.45, 2.75) is 25.4 Å². The van der Waals surface area contributed by atoms with E-state index in [9.17, 15) is 19.3 Å². The lowest BCUT2D eigenvalue weighted by Crippen LogP contribution is -2.33. The second-order valence-corrected chi connectivity index (χ2v) is 6.42. The molecule has 6 nitrogen and oxygen atoms in total. The topological polar surface area (TPSA) is 72.7 Å². The van der Waals surface area contributed by atoms with Crippen LogP contribution in [0.3, 0.4) is 0 Å². The van der Waals surface area contributed by atoms with Crippen LogP contribution in [0.25, 0.3) is 0 Å². The molecule has 0 N–H and O–H groups in total. The Hall–Kier alpha value is -2.67. The number of hydrogen-bond donors (Lipinski definition) is 0. The lowest BCUT2D eigenvalue weighted by molar-refractivity contribution is -0.385. The molecule has 2 aromatic carbocycles. The minimum atomic E-state index is -0.606. The minimum Gasteiger partial charge on any atom is -0.490 e. The lowest BCUT2D eigenvalue weighted by Gasteiger charge is -2.23. The van der Waals surface area contributed by atoms with Gasteiger partial charge in [0.05, 0.1) is 18.6 Å². The van der Waals surface area contributed by atoms with Gasteiger partial charge in [-0.1, -0.05) is 17.7 Å². The molecular formula is C18H16ClFN2O4. The maximum atomic E-state index is 14.1. The van der Waals surface area contributed by atoms with Crippen molar-refractivity contribution in [2.24, 2.45) is 0 Å². The predicted molar refractivity (Wildman–Crippen MR) is 94.0 cm³/mol. The Balaban J connectivity index is 1.93. The van der Waals surface area contributed by atoms with Crippen LogP contribution in [-0.4, -0.2) is 28.9 Å². The Bertz CT molecular complexity index is 850. The van der Waals surface area contributed by atoms with E-state index in [1.807, 2.05) is 0 Å². The molecule has 0 saturated heterocycles. The minimum absolute atomic E-state index is 0.00876. The second kappa shape index (κ2) is 7.29. The summed E-state index contributed by atoms with van der Waals surface area (Å²) >= 11 is 6.07. The molecule has 0 aromatic heterocycles. The quantitative estimate of drug-likeness (QED) is 0.557. The van der Waals surface area contributed by atoms with Gasteiger partial charge >= 0.3 is 5.69 Å². The van der Waals surface area contributed by atoms with E-state index in [0.717, 1.165) is 12.8 Å². The number of methoxy groups -OCH3 is 1. The summed E-state index contributed by atoms with van der Waals surface area (Å²) in [6.45, 7) is 0.00876. The zero-order chi connectivity index (χ0) is 18.8. The van der Waals surface area contributed by atoms with Crippen LogP contribution in [0.15, 0.2) is 36.4 Å². The predicted octanol–water partition coefficient (Wildman–Crippen LogP) is 4.20. The van der Waals surface area contributed by atoms with Gasteiger partial charge in [0.25, 0.3) is 5.91 Å². The van der Waals surface area contributed by atoms with Crippen LogP contribution in [0.2, 0.25) is 5.02 Å². The summed E-state index contributed by atoms with van der Waals surface area (Å²) in [5.74, 6) is -0.823. The highest BCUT2D eigenvalue weighted by atomic mass is 35.5. The molecule has 136 valence electrons. The van der Waals surface area contributed by atoms with E-state index in [2.05, 4.69) is 0 Å². The Morgan fingerprint density at radius 1 is 1.38 bits per heavy atom. The van der Waals surface area contributed by atoms with Gasteiger partial charge in [0.1, 0.15) is 5.82 Å². The maximum absolute atomic E-state index is 14.1. The highest BCUT2D eigenvalue weighted by molar-refractivity contribution is 6.31. The number of benzene rings is 2. The summed E-state index contributed by atoms with van der Waals surface area (Å²) in [5, 5.41) is 11.4. The molecule has 0 aliphatic heterocycles. The van der Waals surface area contributed by atoms with Gasteiger partial charge in [-0.05, 0) is 37.1 Å². The van der Waals surface area contributed by atoms with Crippen molar-refractivity contribution in [3.05, 3.63) is 68.5 Å². The summed E-state index contributed by atoms with van der Waals surface area (Å²) in [6, 6.07) is 8.35. The normalized spacial score (nSPS) is 13.3. The van der Waals surface area contributed by atoms with E-state index in [4.69, 9.17) is 16.3 Å². The first-order valence-corrected chi connectivity index (χ1v) is 8.36. The molecule has 1 fully saturated rings. The van der Waals surface area contributed by atoms with Crippen molar-refractivity contribution in [3.8, 4) is 5.75 Å². The van der Waals surface area contributed by atoms with Gasteiger partial charge in [0, 0.05) is 28.3 Å². The molecule has 26 heavy (non-hydrogen) atoms. The van der Waals surface area contributed by atoms with E-state index in [-0.39, 0.29) is 40.2 Å². The first-order chi connectivity index (χ1) is 12.4. The Kier molecular flexibility index (Phi) is 5.08. The highest BCUT2D eigenvalue weighted by Gasteiger charge is 2.34. The van der Waals surface area contributed by atoms with Crippen molar-refractivity contribution in [2.75, 3.05) is 7.11 Å². The number of halogens is 2. The van der Waals surface area contributed by atoms with Crippen LogP contribution >= 0.6 is 11.6 Å². The van der Waals surface area contributed by atoms with Gasteiger partial charge in [-0.3, -0.25) is 14.9 Å². The van der Waals surface area contributed by atoms with E-state index < -0.39 is 16.6 Å². The smallest absolute Gasteiger partial charge is 0.311 e. The van der Waals surface area contributed by atoms with Crippen LogP contribution in [0.4, 0.5) is 10.1 Å². The van der Waals surface area contributed by atoms with E-state index in [1.54, 1.807) is 6.07 Å². The molecule has 8 heteroatoms. The largest absolute Gasteiger partial charge is 0.490 e. The highest BCUT2D eigenvalue weighted by Crippen LogP contribution is 2.34. The van der Waals surface area contributed by atoms with Gasteiger partial charge in [0.15, 0.2) is 5.75 Å². The van der Waals surface area contributed by atoms with Crippen molar-refractivity contribution in [3.63, 3.8) is 0 Å². The maximum Gasteiger partial charge on any atom is 0.311 e. The Labute approximate surface area is 154 Å². The standard InChI is InChI=1S/C18H16ClFN2O4/c1-26-17-8-5-11(9-16(17)22(24)25)18(23)21(12-6-7-12)10-13-14(19)3-2-4-15(13)20/h2-5,8-9,12H,6-7,10H2,1H3. The van der Waals surface area contributed by atoms with E-state index in [1.165, 1.54) is 42.3 Å². The van der Waals surface area contributed by atoms with E-state index in [0.29, 0.717) is 0 Å². The number of nitro groups is 1. The molecule has 2 aromatic rings. The molecule has 0 bridgehead atoms. The summed E-state index contributed by atoms with van der Waals surface area (Å²) < 4.78 is 19.1. The zero-order valence-electron chi connectivity index (χ0n) is 13.9. The molecule has 0 radical (unpaired) electrons. The van der Waals surface area contributed by atoms with Crippen molar-refractivity contribution in [1.29, 1.82) is 0 Å². The monoisotopic (exact) mass is 378 g/mol. The number of rotatable bonds is 6. The summed E-state index contributed by atoms with van der Waals surface area (Å²) in [6.07, 6.45) is 1.60. The van der Waals surface area contributed by atoms with Gasteiger partial charge < -0.3 is 9.64 Å². The average molecular weight is 379 g/mol. The molecule has 3 rings (SSSR count). The molecule has 1 aliphatic rings. The van der Waals surface area contributed by atoms with E-state index >= 15 is 0 Å². The van der Waals surface area contributed by atoms with Crippen molar-refractivity contribution >= 4 is 23.2 Å². The fourth-order valence-corrected chi connectivity index (χ4v) is 2.96. The third-order valence-corrected chi connectivity index (χ3v) is 4.62. The molecule has 0 heterocycles. The van der Waals surface area contributed by atoms with Crippen LogP contribution < -0.4 is 4.74 Å². The zero-order valence-corrected chi connectivity index (χ0v) is 14.7. The number of carbonyl (C=O) groups excluding carboxylic acids is 1. The number of carbonyl (C=O) groups is 1. The molecule has 1 saturated carbocycles. The van der Waals surface area contributed by atoms with Gasteiger partial charge in [-0.15, -0.1) is 0 Å². The van der Waals surface area contributed by atoms with Crippen LogP contribution in [0, 0.1) is 15.9 Å². The van der Waals surface area contributed by atoms with Gasteiger partial charge in [-0.25, -0.2) is 4.39 Å². The second-order valence-electron chi connectivity index (χ2n) is 6.01. The molecular weight excluding hydrogens is 363 g/mol. The number of nitro benzene ring substituents is 1. The van der Waals surface area contributed by atoms with Gasteiger partial charge in [-0.2, -0.15) is 0 Å². The molecule has 0 unspecified atom stereocenters.